The zero-order valence-corrected chi connectivity index (χ0v) is 12.5. The third-order valence-corrected chi connectivity index (χ3v) is 3.20. The number of nitrogens with one attached hydrogen (secondary N) is 1. The smallest absolute Gasteiger partial charge is 0.129 e. The quantitative estimate of drug-likeness (QED) is 0.846. The fraction of sp³-hybridized carbons (Fsp3) is 0.562. The van der Waals surface area contributed by atoms with Gasteiger partial charge in [0.05, 0.1) is 0 Å². The molecule has 0 aliphatic carbocycles. The van der Waals surface area contributed by atoms with Crippen LogP contribution in [0.3, 0.4) is 0 Å². The van der Waals surface area contributed by atoms with Crippen LogP contribution in [0.5, 0.6) is 0 Å². The van der Waals surface area contributed by atoms with E-state index in [1.54, 1.807) is 0 Å². The minimum atomic E-state index is 0.144. The van der Waals surface area contributed by atoms with Crippen molar-refractivity contribution in [3.05, 3.63) is 35.5 Å². The highest BCUT2D eigenvalue weighted by Crippen LogP contribution is 2.18. The van der Waals surface area contributed by atoms with Gasteiger partial charge in [-0.05, 0) is 51.8 Å². The van der Waals surface area contributed by atoms with Crippen LogP contribution in [0.4, 0.5) is 5.82 Å². The second-order valence-corrected chi connectivity index (χ2v) is 6.28. The average Bonchev–Trinajstić information content (AvgIpc) is 2.36. The summed E-state index contributed by atoms with van der Waals surface area (Å²) in [6.07, 6.45) is 5.58. The van der Waals surface area contributed by atoms with E-state index in [0.29, 0.717) is 0 Å². The summed E-state index contributed by atoms with van der Waals surface area (Å²) in [5.74, 6) is 1.11. The number of hydrogen-bond donors (Lipinski definition) is 1. The van der Waals surface area contributed by atoms with E-state index in [4.69, 9.17) is 0 Å². The van der Waals surface area contributed by atoms with E-state index >= 15 is 0 Å². The van der Waals surface area contributed by atoms with Gasteiger partial charge >= 0.3 is 0 Å². The zero-order chi connectivity index (χ0) is 13.9. The molecule has 0 saturated carbocycles. The number of aryl methyl sites for hydroxylation is 1. The van der Waals surface area contributed by atoms with Crippen LogP contribution in [-0.4, -0.2) is 23.6 Å². The lowest BCUT2D eigenvalue weighted by atomic mass is 10.1. The Balaban J connectivity index is 2.12. The van der Waals surface area contributed by atoms with Crippen LogP contribution < -0.4 is 10.2 Å². The van der Waals surface area contributed by atoms with Crippen molar-refractivity contribution in [1.29, 1.82) is 0 Å². The predicted octanol–water partition coefficient (Wildman–Crippen LogP) is 3.04. The first-order valence-corrected chi connectivity index (χ1v) is 7.06. The summed E-state index contributed by atoms with van der Waals surface area (Å²) in [5.41, 5.74) is 2.55. The number of hydrogen-bond acceptors (Lipinski definition) is 3. The van der Waals surface area contributed by atoms with E-state index in [1.165, 1.54) is 5.56 Å². The molecule has 1 aliphatic heterocycles. The molecule has 0 fully saturated rings. The molecule has 0 atom stereocenters. The molecule has 1 aliphatic rings. The highest BCUT2D eigenvalue weighted by Gasteiger charge is 2.12. The van der Waals surface area contributed by atoms with Gasteiger partial charge in [-0.15, -0.1) is 0 Å². The molecule has 0 amide bonds. The Morgan fingerprint density at radius 1 is 1.26 bits per heavy atom. The van der Waals surface area contributed by atoms with Crippen molar-refractivity contribution in [3.63, 3.8) is 0 Å². The lowest BCUT2D eigenvalue weighted by Gasteiger charge is -2.26. The van der Waals surface area contributed by atoms with Crippen LogP contribution in [0, 0.1) is 6.92 Å². The number of pyridine rings is 1. The first-order chi connectivity index (χ1) is 8.94. The monoisotopic (exact) mass is 259 g/mol. The summed E-state index contributed by atoms with van der Waals surface area (Å²) < 4.78 is 0. The summed E-state index contributed by atoms with van der Waals surface area (Å²) in [6, 6.07) is 4.38. The Kier molecular flexibility index (Phi) is 4.25. The lowest BCUT2D eigenvalue weighted by Crippen LogP contribution is -2.35. The van der Waals surface area contributed by atoms with E-state index in [2.05, 4.69) is 67.2 Å². The SMILES string of the molecule is Cc1cc(CNC(C)(C)C)cc(N2CC=CCC2)n1. The van der Waals surface area contributed by atoms with Crippen LogP contribution in [-0.2, 0) is 6.54 Å². The van der Waals surface area contributed by atoms with Gasteiger partial charge in [0.15, 0.2) is 0 Å². The minimum absolute atomic E-state index is 0.144. The standard InChI is InChI=1S/C16H25N3/c1-13-10-14(12-17-16(2,3)4)11-15(18-13)19-8-6-5-7-9-19/h5-6,10-11,17H,7-9,12H2,1-4H3. The molecule has 0 saturated heterocycles. The highest BCUT2D eigenvalue weighted by atomic mass is 15.2. The average molecular weight is 259 g/mol. The molecule has 2 rings (SSSR count). The normalized spacial score (nSPS) is 15.9. The van der Waals surface area contributed by atoms with Crippen molar-refractivity contribution in [1.82, 2.24) is 10.3 Å². The van der Waals surface area contributed by atoms with E-state index in [-0.39, 0.29) is 5.54 Å². The third-order valence-electron chi connectivity index (χ3n) is 3.20. The predicted molar refractivity (Wildman–Crippen MR) is 81.5 cm³/mol. The molecular weight excluding hydrogens is 234 g/mol. The van der Waals surface area contributed by atoms with Gasteiger partial charge in [-0.2, -0.15) is 0 Å². The van der Waals surface area contributed by atoms with Crippen molar-refractivity contribution in [2.24, 2.45) is 0 Å². The Hall–Kier alpha value is -1.35. The van der Waals surface area contributed by atoms with Crippen LogP contribution in [0.25, 0.3) is 0 Å². The largest absolute Gasteiger partial charge is 0.353 e. The van der Waals surface area contributed by atoms with Crippen LogP contribution >= 0.6 is 0 Å². The third kappa shape index (κ3) is 4.35. The second kappa shape index (κ2) is 5.74. The Labute approximate surface area is 116 Å². The Morgan fingerprint density at radius 3 is 2.68 bits per heavy atom. The molecule has 0 spiro atoms. The molecule has 3 nitrogen and oxygen atoms in total. The first-order valence-electron chi connectivity index (χ1n) is 7.06. The maximum absolute atomic E-state index is 4.67. The number of nitrogens with zero attached hydrogens (tertiary/aromatic N) is 2. The van der Waals surface area contributed by atoms with Crippen molar-refractivity contribution in [2.75, 3.05) is 18.0 Å². The lowest BCUT2D eigenvalue weighted by molar-refractivity contribution is 0.424. The summed E-state index contributed by atoms with van der Waals surface area (Å²) in [6.45, 7) is 11.6. The van der Waals surface area contributed by atoms with Gasteiger partial charge < -0.3 is 10.2 Å². The van der Waals surface area contributed by atoms with Gasteiger partial charge in [-0.3, -0.25) is 0 Å². The molecule has 19 heavy (non-hydrogen) atoms. The summed E-state index contributed by atoms with van der Waals surface area (Å²) in [5, 5.41) is 3.54. The van der Waals surface area contributed by atoms with Crippen molar-refractivity contribution >= 4 is 5.82 Å². The van der Waals surface area contributed by atoms with E-state index in [0.717, 1.165) is 37.6 Å². The van der Waals surface area contributed by atoms with Crippen molar-refractivity contribution in [3.8, 4) is 0 Å². The molecular formula is C16H25N3. The fourth-order valence-corrected chi connectivity index (χ4v) is 2.20. The van der Waals surface area contributed by atoms with E-state index < -0.39 is 0 Å². The highest BCUT2D eigenvalue weighted by molar-refractivity contribution is 5.44. The van der Waals surface area contributed by atoms with Gasteiger partial charge in [0, 0.05) is 30.9 Å². The first kappa shape index (κ1) is 14.1. The number of rotatable bonds is 3. The van der Waals surface area contributed by atoms with Gasteiger partial charge in [0.1, 0.15) is 5.82 Å². The van der Waals surface area contributed by atoms with E-state index in [9.17, 15) is 0 Å². The molecule has 3 heteroatoms. The topological polar surface area (TPSA) is 28.2 Å². The molecule has 0 aromatic carbocycles. The molecule has 2 heterocycles. The molecule has 1 aromatic heterocycles. The van der Waals surface area contributed by atoms with Gasteiger partial charge in [0.2, 0.25) is 0 Å². The summed E-state index contributed by atoms with van der Waals surface area (Å²) in [4.78, 5) is 7.01. The fourth-order valence-electron chi connectivity index (χ4n) is 2.20. The van der Waals surface area contributed by atoms with Crippen molar-refractivity contribution < 1.29 is 0 Å². The van der Waals surface area contributed by atoms with Crippen LogP contribution in [0.2, 0.25) is 0 Å². The molecule has 1 aromatic rings. The maximum atomic E-state index is 4.67. The maximum Gasteiger partial charge on any atom is 0.129 e. The zero-order valence-electron chi connectivity index (χ0n) is 12.5. The minimum Gasteiger partial charge on any atom is -0.353 e. The molecule has 0 bridgehead atoms. The molecule has 104 valence electrons. The summed E-state index contributed by atoms with van der Waals surface area (Å²) in [7, 11) is 0. The Bertz CT molecular complexity index is 458. The second-order valence-electron chi connectivity index (χ2n) is 6.28. The molecule has 0 radical (unpaired) electrons. The van der Waals surface area contributed by atoms with Crippen LogP contribution in [0.1, 0.15) is 38.4 Å². The molecule has 0 unspecified atom stereocenters. The van der Waals surface area contributed by atoms with Gasteiger partial charge in [0.25, 0.3) is 0 Å². The van der Waals surface area contributed by atoms with Crippen LogP contribution in [0.15, 0.2) is 24.3 Å². The number of aromatic nitrogens is 1. The Morgan fingerprint density at radius 2 is 2.05 bits per heavy atom. The van der Waals surface area contributed by atoms with E-state index in [1.807, 2.05) is 0 Å². The number of anilines is 1. The van der Waals surface area contributed by atoms with Crippen molar-refractivity contribution in [2.45, 2.75) is 46.2 Å². The van der Waals surface area contributed by atoms with Gasteiger partial charge in [-0.25, -0.2) is 4.98 Å². The molecule has 1 N–H and O–H groups in total. The summed E-state index contributed by atoms with van der Waals surface area (Å²) >= 11 is 0. The van der Waals surface area contributed by atoms with Gasteiger partial charge in [-0.1, -0.05) is 12.2 Å².